The predicted molar refractivity (Wildman–Crippen MR) is 146 cm³/mol. The van der Waals surface area contributed by atoms with E-state index >= 15 is 0 Å². The minimum atomic E-state index is -0.404. The molecule has 2 aromatic rings. The van der Waals surface area contributed by atoms with Crippen LogP contribution in [0.4, 0.5) is 0 Å². The Balaban J connectivity index is 1.54. The van der Waals surface area contributed by atoms with E-state index in [1.54, 1.807) is 0 Å². The van der Waals surface area contributed by atoms with Crippen molar-refractivity contribution in [2.24, 2.45) is 10.8 Å². The summed E-state index contributed by atoms with van der Waals surface area (Å²) in [6, 6.07) is 13.6. The van der Waals surface area contributed by atoms with E-state index in [1.807, 2.05) is 42.5 Å². The summed E-state index contributed by atoms with van der Waals surface area (Å²) in [6.07, 6.45) is 2.48. The molecule has 0 unspecified atom stereocenters. The molecular formula is C30H31BrClNO3. The summed E-state index contributed by atoms with van der Waals surface area (Å²) in [5, 5.41) is 4.02. The van der Waals surface area contributed by atoms with Crippen molar-refractivity contribution in [3.05, 3.63) is 85.6 Å². The number of hydrogen-bond acceptors (Lipinski definition) is 4. The van der Waals surface area contributed by atoms with E-state index in [1.165, 1.54) is 0 Å². The van der Waals surface area contributed by atoms with Crippen LogP contribution in [0.5, 0.6) is 5.75 Å². The van der Waals surface area contributed by atoms with Gasteiger partial charge in [0.15, 0.2) is 11.6 Å². The molecule has 4 nitrogen and oxygen atoms in total. The number of hydrogen-bond donors (Lipinski definition) is 1. The molecule has 5 rings (SSSR count). The molecule has 2 aromatic carbocycles. The van der Waals surface area contributed by atoms with E-state index < -0.39 is 5.92 Å². The first-order valence-electron chi connectivity index (χ1n) is 12.4. The third-order valence-corrected chi connectivity index (χ3v) is 8.42. The Morgan fingerprint density at radius 2 is 1.50 bits per heavy atom. The lowest BCUT2D eigenvalue weighted by Gasteiger charge is -2.44. The third-order valence-electron chi connectivity index (χ3n) is 7.35. The lowest BCUT2D eigenvalue weighted by Crippen LogP contribution is -2.42. The van der Waals surface area contributed by atoms with Crippen LogP contribution in [0.25, 0.3) is 0 Å². The van der Waals surface area contributed by atoms with Gasteiger partial charge in [-0.25, -0.2) is 0 Å². The molecule has 0 aromatic heterocycles. The minimum Gasteiger partial charge on any atom is -0.487 e. The fourth-order valence-corrected chi connectivity index (χ4v) is 6.45. The Morgan fingerprint density at radius 3 is 2.06 bits per heavy atom. The second kappa shape index (κ2) is 9.18. The highest BCUT2D eigenvalue weighted by molar-refractivity contribution is 9.10. The summed E-state index contributed by atoms with van der Waals surface area (Å²) in [5.74, 6) is 0.376. The van der Waals surface area contributed by atoms with Crippen LogP contribution in [-0.4, -0.2) is 11.6 Å². The Labute approximate surface area is 226 Å². The number of halogens is 2. The van der Waals surface area contributed by atoms with Crippen molar-refractivity contribution in [2.45, 2.75) is 65.9 Å². The first-order chi connectivity index (χ1) is 16.9. The molecule has 36 heavy (non-hydrogen) atoms. The van der Waals surface area contributed by atoms with Gasteiger partial charge in [0.1, 0.15) is 12.4 Å². The van der Waals surface area contributed by atoms with Gasteiger partial charge in [-0.15, -0.1) is 0 Å². The monoisotopic (exact) mass is 567 g/mol. The van der Waals surface area contributed by atoms with Gasteiger partial charge in [-0.3, -0.25) is 9.59 Å². The molecule has 0 spiro atoms. The summed E-state index contributed by atoms with van der Waals surface area (Å²) >= 11 is 10.3. The Bertz CT molecular complexity index is 1290. The molecule has 0 radical (unpaired) electrons. The fourth-order valence-electron chi connectivity index (χ4n) is 5.81. The molecule has 188 valence electrons. The Morgan fingerprint density at radius 1 is 0.917 bits per heavy atom. The van der Waals surface area contributed by atoms with E-state index in [0.29, 0.717) is 30.2 Å². The van der Waals surface area contributed by atoms with Crippen LogP contribution < -0.4 is 10.1 Å². The standard InChI is InChI=1S/C30H31BrClNO3/c1-29(2)12-21-27(23(34)14-29)26(28-22(33-21)13-30(3,4)15-24(28)35)17-9-10-25(20(32)11-17)36-16-18-7-5-6-8-19(18)31/h5-11,26,33H,12-16H2,1-4H3. The highest BCUT2D eigenvalue weighted by atomic mass is 79.9. The van der Waals surface area contributed by atoms with Crippen molar-refractivity contribution in [1.82, 2.24) is 5.32 Å². The lowest BCUT2D eigenvalue weighted by atomic mass is 9.64. The van der Waals surface area contributed by atoms with Gasteiger partial charge in [0.2, 0.25) is 0 Å². The zero-order chi connectivity index (χ0) is 25.8. The van der Waals surface area contributed by atoms with Crippen molar-refractivity contribution in [2.75, 3.05) is 0 Å². The van der Waals surface area contributed by atoms with Crippen molar-refractivity contribution in [3.63, 3.8) is 0 Å². The molecule has 0 atom stereocenters. The molecule has 0 saturated heterocycles. The van der Waals surface area contributed by atoms with Crippen molar-refractivity contribution in [1.29, 1.82) is 0 Å². The fraction of sp³-hybridized carbons (Fsp3) is 0.400. The maximum atomic E-state index is 13.5. The van der Waals surface area contributed by atoms with E-state index in [0.717, 1.165) is 51.0 Å². The second-order valence-corrected chi connectivity index (χ2v) is 13.1. The van der Waals surface area contributed by atoms with E-state index in [2.05, 4.69) is 48.9 Å². The number of dihydropyridines is 1. The third kappa shape index (κ3) is 4.80. The molecule has 0 saturated carbocycles. The molecular weight excluding hydrogens is 538 g/mol. The quantitative estimate of drug-likeness (QED) is 0.411. The largest absolute Gasteiger partial charge is 0.487 e. The smallest absolute Gasteiger partial charge is 0.162 e. The van der Waals surface area contributed by atoms with Crippen molar-refractivity contribution >= 4 is 39.1 Å². The number of carbonyl (C=O) groups is 2. The van der Waals surface area contributed by atoms with Crippen LogP contribution in [0.2, 0.25) is 5.02 Å². The number of nitrogens with one attached hydrogen (secondary N) is 1. The van der Waals surface area contributed by atoms with Gasteiger partial charge in [0.05, 0.1) is 5.02 Å². The predicted octanol–water partition coefficient (Wildman–Crippen LogP) is 7.65. The van der Waals surface area contributed by atoms with Gasteiger partial charge in [0.25, 0.3) is 0 Å². The molecule has 1 N–H and O–H groups in total. The normalized spacial score (nSPS) is 21.2. The lowest BCUT2D eigenvalue weighted by molar-refractivity contribution is -0.119. The van der Waals surface area contributed by atoms with Crippen LogP contribution in [0.15, 0.2) is 69.5 Å². The van der Waals surface area contributed by atoms with E-state index in [4.69, 9.17) is 16.3 Å². The van der Waals surface area contributed by atoms with Crippen LogP contribution in [0, 0.1) is 10.8 Å². The Kier molecular flexibility index (Phi) is 6.45. The summed E-state index contributed by atoms with van der Waals surface area (Å²) in [4.78, 5) is 27.0. The van der Waals surface area contributed by atoms with Crippen LogP contribution >= 0.6 is 27.5 Å². The number of carbonyl (C=O) groups excluding carboxylic acids is 2. The highest BCUT2D eigenvalue weighted by Crippen LogP contribution is 2.51. The second-order valence-electron chi connectivity index (χ2n) is 11.8. The minimum absolute atomic E-state index is 0.105. The van der Waals surface area contributed by atoms with Crippen LogP contribution in [0.3, 0.4) is 0 Å². The van der Waals surface area contributed by atoms with E-state index in [9.17, 15) is 9.59 Å². The Hall–Kier alpha value is -2.37. The number of Topliss-reactive ketones (excluding diaryl/α,β-unsaturated/α-hetero) is 2. The van der Waals surface area contributed by atoms with Gasteiger partial charge in [0, 0.05) is 51.3 Å². The topological polar surface area (TPSA) is 55.4 Å². The molecule has 0 fully saturated rings. The summed E-state index contributed by atoms with van der Waals surface area (Å²) < 4.78 is 7.00. The molecule has 0 amide bonds. The molecule has 6 heteroatoms. The van der Waals surface area contributed by atoms with E-state index in [-0.39, 0.29) is 22.4 Å². The first-order valence-corrected chi connectivity index (χ1v) is 13.6. The van der Waals surface area contributed by atoms with Gasteiger partial charge in [-0.05, 0) is 47.4 Å². The average molecular weight is 569 g/mol. The highest BCUT2D eigenvalue weighted by Gasteiger charge is 2.46. The van der Waals surface area contributed by atoms with Gasteiger partial charge in [-0.1, -0.05) is 79.5 Å². The summed E-state index contributed by atoms with van der Waals surface area (Å²) in [6.45, 7) is 8.87. The maximum Gasteiger partial charge on any atom is 0.162 e. The van der Waals surface area contributed by atoms with Crippen molar-refractivity contribution in [3.8, 4) is 5.75 Å². The molecule has 3 aliphatic rings. The summed E-state index contributed by atoms with van der Waals surface area (Å²) in [7, 11) is 0. The zero-order valence-electron chi connectivity index (χ0n) is 21.1. The molecule has 1 heterocycles. The number of ketones is 2. The molecule has 1 aliphatic heterocycles. The van der Waals surface area contributed by atoms with Gasteiger partial charge >= 0.3 is 0 Å². The molecule has 2 aliphatic carbocycles. The SMILES string of the molecule is CC1(C)CC(=O)C2=C(C1)NC1=C(C(=O)CC(C)(C)C1)C2c1ccc(OCc2ccccc2Br)c(Cl)c1. The van der Waals surface area contributed by atoms with Crippen LogP contribution in [-0.2, 0) is 16.2 Å². The number of allylic oxidation sites excluding steroid dienone is 4. The van der Waals surface area contributed by atoms with Crippen LogP contribution in [0.1, 0.15) is 70.4 Å². The zero-order valence-corrected chi connectivity index (χ0v) is 23.5. The number of benzene rings is 2. The van der Waals surface area contributed by atoms with Gasteiger partial charge in [-0.2, -0.15) is 0 Å². The van der Waals surface area contributed by atoms with Crippen molar-refractivity contribution < 1.29 is 14.3 Å². The average Bonchev–Trinajstić information content (AvgIpc) is 2.76. The molecule has 0 bridgehead atoms. The van der Waals surface area contributed by atoms with Gasteiger partial charge < -0.3 is 10.1 Å². The summed E-state index contributed by atoms with van der Waals surface area (Å²) in [5.41, 5.74) is 4.98. The maximum absolute atomic E-state index is 13.5. The number of rotatable bonds is 4. The first kappa shape index (κ1) is 25.3. The number of ether oxygens (including phenoxy) is 1.